The van der Waals surface area contributed by atoms with Crippen LogP contribution >= 0.6 is 0 Å². The van der Waals surface area contributed by atoms with Gasteiger partial charge >= 0.3 is 12.1 Å². The molecule has 4 rings (SSSR count). The zero-order chi connectivity index (χ0) is 24.1. The summed E-state index contributed by atoms with van der Waals surface area (Å²) in [5.74, 6) is -1.75. The summed E-state index contributed by atoms with van der Waals surface area (Å²) in [6.45, 7) is 1.99. The van der Waals surface area contributed by atoms with Gasteiger partial charge in [-0.3, -0.25) is 10.1 Å². The molecule has 1 aliphatic carbocycles. The maximum atomic E-state index is 12.7. The number of fused-ring (bicyclic) bond motifs is 3. The highest BCUT2D eigenvalue weighted by Crippen LogP contribution is 2.44. The first kappa shape index (κ1) is 23.0. The molecule has 0 heterocycles. The first-order valence-electron chi connectivity index (χ1n) is 11.2. The van der Waals surface area contributed by atoms with E-state index >= 15 is 0 Å². The van der Waals surface area contributed by atoms with Crippen LogP contribution in [-0.2, 0) is 9.53 Å². The van der Waals surface area contributed by atoms with Crippen molar-refractivity contribution in [3.63, 3.8) is 0 Å². The maximum absolute atomic E-state index is 12.7. The maximum Gasteiger partial charge on any atom is 0.411 e. The number of hydrogen-bond acceptors (Lipinski definition) is 4. The smallest absolute Gasteiger partial charge is 0.411 e. The van der Waals surface area contributed by atoms with Gasteiger partial charge in [0.1, 0.15) is 12.6 Å². The van der Waals surface area contributed by atoms with Crippen molar-refractivity contribution in [2.24, 2.45) is 0 Å². The fourth-order valence-electron chi connectivity index (χ4n) is 4.32. The van der Waals surface area contributed by atoms with Crippen LogP contribution < -0.4 is 10.6 Å². The quantitative estimate of drug-likeness (QED) is 0.439. The van der Waals surface area contributed by atoms with E-state index in [1.54, 1.807) is 18.2 Å². The van der Waals surface area contributed by atoms with Crippen LogP contribution in [-0.4, -0.2) is 35.7 Å². The predicted octanol–water partition coefficient (Wildman–Crippen LogP) is 5.03. The fraction of sp³-hybridized carbons (Fsp3) is 0.222. The number of benzene rings is 3. The van der Waals surface area contributed by atoms with Crippen molar-refractivity contribution in [2.45, 2.75) is 31.7 Å². The first-order valence-corrected chi connectivity index (χ1v) is 11.2. The average Bonchev–Trinajstić information content (AvgIpc) is 3.16. The highest BCUT2D eigenvalue weighted by molar-refractivity contribution is 6.03. The van der Waals surface area contributed by atoms with Gasteiger partial charge in [0, 0.05) is 5.92 Å². The van der Waals surface area contributed by atoms with Crippen LogP contribution in [0.4, 0.5) is 10.5 Å². The second-order valence-corrected chi connectivity index (χ2v) is 8.15. The molecule has 174 valence electrons. The third-order valence-corrected chi connectivity index (χ3v) is 5.93. The number of hydrogen-bond donors (Lipinski definition) is 3. The number of carboxylic acids is 1. The van der Waals surface area contributed by atoms with Crippen LogP contribution in [0.25, 0.3) is 11.1 Å². The summed E-state index contributed by atoms with van der Waals surface area (Å²) >= 11 is 0. The second-order valence-electron chi connectivity index (χ2n) is 8.15. The summed E-state index contributed by atoms with van der Waals surface area (Å²) in [6.07, 6.45) is 0.227. The van der Waals surface area contributed by atoms with Crippen LogP contribution in [0.15, 0.2) is 72.8 Å². The summed E-state index contributed by atoms with van der Waals surface area (Å²) in [5.41, 5.74) is 4.89. The number of carbonyl (C=O) groups is 3. The van der Waals surface area contributed by atoms with E-state index in [2.05, 4.69) is 22.8 Å². The van der Waals surface area contributed by atoms with E-state index in [9.17, 15) is 19.5 Å². The van der Waals surface area contributed by atoms with Crippen molar-refractivity contribution >= 4 is 23.7 Å². The minimum Gasteiger partial charge on any atom is -0.480 e. The molecular formula is C27H26N2O5. The molecule has 7 heteroatoms. The Labute approximate surface area is 197 Å². The van der Waals surface area contributed by atoms with Gasteiger partial charge in [-0.2, -0.15) is 0 Å². The van der Waals surface area contributed by atoms with Crippen molar-refractivity contribution in [3.05, 3.63) is 89.5 Å². The van der Waals surface area contributed by atoms with Gasteiger partial charge in [0.05, 0.1) is 11.3 Å². The molecule has 0 saturated carbocycles. The number of rotatable bonds is 8. The molecule has 3 aromatic carbocycles. The van der Waals surface area contributed by atoms with Crippen LogP contribution in [0.5, 0.6) is 0 Å². The van der Waals surface area contributed by atoms with Gasteiger partial charge in [0.15, 0.2) is 0 Å². The van der Waals surface area contributed by atoms with Gasteiger partial charge in [0.25, 0.3) is 5.91 Å². The number of carboxylic acid groups (broad SMARTS) is 1. The highest BCUT2D eigenvalue weighted by atomic mass is 16.5. The average molecular weight is 459 g/mol. The predicted molar refractivity (Wildman–Crippen MR) is 129 cm³/mol. The van der Waals surface area contributed by atoms with Gasteiger partial charge in [0.2, 0.25) is 0 Å². The molecule has 7 nitrogen and oxygen atoms in total. The van der Waals surface area contributed by atoms with Crippen molar-refractivity contribution < 1.29 is 24.2 Å². The molecular weight excluding hydrogens is 432 g/mol. The Balaban J connectivity index is 1.45. The van der Waals surface area contributed by atoms with Crippen LogP contribution in [0.1, 0.15) is 47.2 Å². The highest BCUT2D eigenvalue weighted by Gasteiger charge is 2.29. The molecule has 0 bridgehead atoms. The standard InChI is InChI=1S/C27H26N2O5/c1-2-9-24(26(31)32)28-25(30)21-14-7-8-15-23(21)29-27(33)34-16-22-19-12-5-3-10-17(19)18-11-4-6-13-20(18)22/h3-8,10-15,22,24H,2,9,16H2,1H3,(H,28,30)(H,29,33)(H,31,32)/t24-/m0/s1. The molecule has 0 aromatic heterocycles. The molecule has 0 fully saturated rings. The van der Waals surface area contributed by atoms with Crippen LogP contribution in [0, 0.1) is 0 Å². The Morgan fingerprint density at radius 3 is 2.12 bits per heavy atom. The van der Waals surface area contributed by atoms with Gasteiger partial charge in [-0.1, -0.05) is 74.0 Å². The second kappa shape index (κ2) is 10.2. The fourth-order valence-corrected chi connectivity index (χ4v) is 4.32. The number of para-hydroxylation sites is 1. The molecule has 0 radical (unpaired) electrons. The number of nitrogens with one attached hydrogen (secondary N) is 2. The molecule has 0 unspecified atom stereocenters. The number of amides is 2. The Morgan fingerprint density at radius 2 is 1.50 bits per heavy atom. The monoisotopic (exact) mass is 458 g/mol. The Hall–Kier alpha value is -4.13. The molecule has 1 aliphatic rings. The SMILES string of the molecule is CCC[C@H](NC(=O)c1ccccc1NC(=O)OCC1c2ccccc2-c2ccccc21)C(=O)O. The number of ether oxygens (including phenoxy) is 1. The van der Waals surface area contributed by atoms with E-state index in [0.717, 1.165) is 22.3 Å². The summed E-state index contributed by atoms with van der Waals surface area (Å²) in [6, 6.07) is 21.5. The molecule has 0 spiro atoms. The Morgan fingerprint density at radius 1 is 0.912 bits per heavy atom. The summed E-state index contributed by atoms with van der Waals surface area (Å²) in [7, 11) is 0. The third-order valence-electron chi connectivity index (χ3n) is 5.93. The minimum absolute atomic E-state index is 0.0814. The van der Waals surface area contributed by atoms with E-state index in [4.69, 9.17) is 4.74 Å². The zero-order valence-corrected chi connectivity index (χ0v) is 18.8. The number of anilines is 1. The Bertz CT molecular complexity index is 1180. The lowest BCUT2D eigenvalue weighted by molar-refractivity contribution is -0.139. The molecule has 0 aliphatic heterocycles. The molecule has 1 atom stereocenters. The first-order chi connectivity index (χ1) is 16.5. The van der Waals surface area contributed by atoms with E-state index in [-0.39, 0.29) is 23.8 Å². The van der Waals surface area contributed by atoms with Gasteiger partial charge in [-0.15, -0.1) is 0 Å². The molecule has 3 N–H and O–H groups in total. The lowest BCUT2D eigenvalue weighted by Crippen LogP contribution is -2.41. The molecule has 0 saturated heterocycles. The molecule has 2 amide bonds. The summed E-state index contributed by atoms with van der Waals surface area (Å²) in [4.78, 5) is 36.8. The molecule has 3 aromatic rings. The number of aliphatic carboxylic acids is 1. The normalized spacial score (nSPS) is 12.9. The van der Waals surface area contributed by atoms with E-state index < -0.39 is 24.0 Å². The third kappa shape index (κ3) is 4.78. The molecule has 34 heavy (non-hydrogen) atoms. The van der Waals surface area contributed by atoms with E-state index in [1.165, 1.54) is 6.07 Å². The van der Waals surface area contributed by atoms with Gasteiger partial charge in [-0.25, -0.2) is 9.59 Å². The van der Waals surface area contributed by atoms with Crippen LogP contribution in [0.3, 0.4) is 0 Å². The van der Waals surface area contributed by atoms with Gasteiger partial charge in [-0.05, 0) is 40.8 Å². The lowest BCUT2D eigenvalue weighted by atomic mass is 9.98. The topological polar surface area (TPSA) is 105 Å². The van der Waals surface area contributed by atoms with Crippen molar-refractivity contribution in [3.8, 4) is 11.1 Å². The summed E-state index contributed by atoms with van der Waals surface area (Å²) < 4.78 is 5.56. The van der Waals surface area contributed by atoms with Crippen LogP contribution in [0.2, 0.25) is 0 Å². The minimum atomic E-state index is -1.10. The Kier molecular flexibility index (Phi) is 6.92. The zero-order valence-electron chi connectivity index (χ0n) is 18.8. The van der Waals surface area contributed by atoms with Crippen molar-refractivity contribution in [1.29, 1.82) is 0 Å². The van der Waals surface area contributed by atoms with E-state index in [1.807, 2.05) is 43.3 Å². The number of carbonyl (C=O) groups excluding carboxylic acids is 2. The summed E-state index contributed by atoms with van der Waals surface area (Å²) in [5, 5.41) is 14.5. The van der Waals surface area contributed by atoms with E-state index in [0.29, 0.717) is 12.8 Å². The van der Waals surface area contributed by atoms with Crippen molar-refractivity contribution in [1.82, 2.24) is 5.32 Å². The van der Waals surface area contributed by atoms with Crippen molar-refractivity contribution in [2.75, 3.05) is 11.9 Å². The van der Waals surface area contributed by atoms with Gasteiger partial charge < -0.3 is 15.2 Å². The lowest BCUT2D eigenvalue weighted by Gasteiger charge is -2.17. The largest absolute Gasteiger partial charge is 0.480 e.